The van der Waals surface area contributed by atoms with Crippen molar-refractivity contribution < 1.29 is 4.74 Å². The van der Waals surface area contributed by atoms with Crippen LogP contribution in [0.1, 0.15) is 32.0 Å². The molecule has 0 spiro atoms. The van der Waals surface area contributed by atoms with Crippen LogP contribution in [-0.2, 0) is 17.9 Å². The first-order valence-electron chi connectivity index (χ1n) is 7.75. The summed E-state index contributed by atoms with van der Waals surface area (Å²) in [5, 5.41) is 3.37. The van der Waals surface area contributed by atoms with Crippen LogP contribution >= 0.6 is 15.9 Å². The Labute approximate surface area is 134 Å². The van der Waals surface area contributed by atoms with Gasteiger partial charge in [0.25, 0.3) is 0 Å². The number of rotatable bonds is 5. The Morgan fingerprint density at radius 2 is 2.19 bits per heavy atom. The summed E-state index contributed by atoms with van der Waals surface area (Å²) in [6.07, 6.45) is 3.66. The molecule has 114 valence electrons. The Morgan fingerprint density at radius 1 is 1.38 bits per heavy atom. The highest BCUT2D eigenvalue weighted by atomic mass is 79.9. The van der Waals surface area contributed by atoms with Gasteiger partial charge in [-0.2, -0.15) is 0 Å². The smallest absolute Gasteiger partial charge is 0.136 e. The number of hydrogen-bond acceptors (Lipinski definition) is 3. The third-order valence-electron chi connectivity index (χ3n) is 3.97. The number of benzene rings is 1. The van der Waals surface area contributed by atoms with Crippen molar-refractivity contribution in [3.63, 3.8) is 0 Å². The van der Waals surface area contributed by atoms with Crippen molar-refractivity contribution in [2.75, 3.05) is 13.1 Å². The van der Waals surface area contributed by atoms with Gasteiger partial charge < -0.3 is 14.6 Å². The third-order valence-corrected chi connectivity index (χ3v) is 4.46. The average molecular weight is 352 g/mol. The van der Waals surface area contributed by atoms with Gasteiger partial charge in [0.15, 0.2) is 0 Å². The van der Waals surface area contributed by atoms with E-state index in [1.54, 1.807) is 0 Å². The summed E-state index contributed by atoms with van der Waals surface area (Å²) in [5.41, 5.74) is 2.24. The molecule has 2 heterocycles. The van der Waals surface area contributed by atoms with Crippen LogP contribution in [0, 0.1) is 0 Å². The molecule has 2 aromatic rings. The van der Waals surface area contributed by atoms with E-state index in [1.807, 2.05) is 0 Å². The summed E-state index contributed by atoms with van der Waals surface area (Å²) < 4.78 is 9.45. The van der Waals surface area contributed by atoms with E-state index in [4.69, 9.17) is 9.72 Å². The van der Waals surface area contributed by atoms with Crippen molar-refractivity contribution >= 4 is 27.0 Å². The number of imidazole rings is 1. The molecule has 1 N–H and O–H groups in total. The normalized spacial score (nSPS) is 16.7. The van der Waals surface area contributed by atoms with Crippen molar-refractivity contribution in [3.8, 4) is 0 Å². The van der Waals surface area contributed by atoms with Crippen LogP contribution in [0.4, 0.5) is 0 Å². The molecule has 0 bridgehead atoms. The zero-order valence-corrected chi connectivity index (χ0v) is 14.0. The van der Waals surface area contributed by atoms with Crippen LogP contribution in [-0.4, -0.2) is 28.7 Å². The van der Waals surface area contributed by atoms with Gasteiger partial charge in [-0.25, -0.2) is 4.98 Å². The van der Waals surface area contributed by atoms with Gasteiger partial charge >= 0.3 is 0 Å². The highest BCUT2D eigenvalue weighted by Gasteiger charge is 2.16. The lowest BCUT2D eigenvalue weighted by Gasteiger charge is -2.22. The predicted molar refractivity (Wildman–Crippen MR) is 88.4 cm³/mol. The largest absolute Gasteiger partial charge is 0.370 e. The van der Waals surface area contributed by atoms with E-state index < -0.39 is 0 Å². The molecule has 1 aromatic carbocycles. The number of hydrogen-bond donors (Lipinski definition) is 1. The molecule has 0 atom stereocenters. The van der Waals surface area contributed by atoms with E-state index in [-0.39, 0.29) is 0 Å². The van der Waals surface area contributed by atoms with Gasteiger partial charge in [0.05, 0.1) is 17.1 Å². The van der Waals surface area contributed by atoms with Gasteiger partial charge in [-0.3, -0.25) is 0 Å². The fourth-order valence-corrected chi connectivity index (χ4v) is 3.24. The van der Waals surface area contributed by atoms with Gasteiger partial charge in [0.1, 0.15) is 12.4 Å². The molecule has 1 aromatic heterocycles. The fourth-order valence-electron chi connectivity index (χ4n) is 2.89. The van der Waals surface area contributed by atoms with Crippen molar-refractivity contribution in [2.45, 2.75) is 45.4 Å². The molecule has 21 heavy (non-hydrogen) atoms. The number of aromatic nitrogens is 2. The van der Waals surface area contributed by atoms with E-state index in [0.29, 0.717) is 12.7 Å². The summed E-state index contributed by atoms with van der Waals surface area (Å²) in [4.78, 5) is 4.77. The maximum absolute atomic E-state index is 6.08. The highest BCUT2D eigenvalue weighted by Crippen LogP contribution is 2.22. The number of nitrogens with one attached hydrogen (secondary N) is 1. The molecule has 0 amide bonds. The zero-order valence-electron chi connectivity index (χ0n) is 12.4. The third kappa shape index (κ3) is 3.47. The van der Waals surface area contributed by atoms with Crippen molar-refractivity contribution in [1.29, 1.82) is 0 Å². The number of aryl methyl sites for hydroxylation is 1. The Bertz CT molecular complexity index is 605. The lowest BCUT2D eigenvalue weighted by atomic mass is 10.1. The molecular weight excluding hydrogens is 330 g/mol. The van der Waals surface area contributed by atoms with Crippen LogP contribution in [0.25, 0.3) is 11.0 Å². The minimum absolute atomic E-state index is 0.368. The molecule has 0 saturated carbocycles. The predicted octanol–water partition coefficient (Wildman–Crippen LogP) is 3.48. The minimum Gasteiger partial charge on any atom is -0.370 e. The molecular formula is C16H22BrN3O. The van der Waals surface area contributed by atoms with E-state index in [0.717, 1.165) is 54.7 Å². The molecule has 4 nitrogen and oxygen atoms in total. The Kier molecular flexibility index (Phi) is 4.93. The van der Waals surface area contributed by atoms with Gasteiger partial charge in [-0.1, -0.05) is 22.9 Å². The monoisotopic (exact) mass is 351 g/mol. The number of ether oxygens (including phenoxy) is 1. The van der Waals surface area contributed by atoms with E-state index in [9.17, 15) is 0 Å². The van der Waals surface area contributed by atoms with Crippen LogP contribution in [0.2, 0.25) is 0 Å². The number of piperidine rings is 1. The first-order valence-corrected chi connectivity index (χ1v) is 8.54. The number of nitrogens with zero attached hydrogens (tertiary/aromatic N) is 2. The van der Waals surface area contributed by atoms with E-state index in [1.165, 1.54) is 5.52 Å². The maximum Gasteiger partial charge on any atom is 0.136 e. The summed E-state index contributed by atoms with van der Waals surface area (Å²) in [7, 11) is 0. The van der Waals surface area contributed by atoms with Crippen LogP contribution < -0.4 is 5.32 Å². The summed E-state index contributed by atoms with van der Waals surface area (Å²) >= 11 is 3.52. The molecule has 0 radical (unpaired) electrons. The molecule has 1 fully saturated rings. The molecule has 3 rings (SSSR count). The average Bonchev–Trinajstić information content (AvgIpc) is 2.84. The van der Waals surface area contributed by atoms with Crippen molar-refractivity contribution in [1.82, 2.24) is 14.9 Å². The van der Waals surface area contributed by atoms with Crippen LogP contribution in [0.15, 0.2) is 22.7 Å². The quantitative estimate of drug-likeness (QED) is 0.896. The van der Waals surface area contributed by atoms with Crippen molar-refractivity contribution in [3.05, 3.63) is 28.5 Å². The summed E-state index contributed by atoms with van der Waals surface area (Å²) in [6.45, 7) is 5.91. The molecule has 0 aliphatic carbocycles. The number of fused-ring (bicyclic) bond motifs is 1. The molecule has 1 saturated heterocycles. The van der Waals surface area contributed by atoms with Gasteiger partial charge in [0.2, 0.25) is 0 Å². The lowest BCUT2D eigenvalue weighted by molar-refractivity contribution is 0.0166. The van der Waals surface area contributed by atoms with E-state index >= 15 is 0 Å². The first kappa shape index (κ1) is 15.0. The second kappa shape index (κ2) is 6.90. The first-order chi connectivity index (χ1) is 10.3. The van der Waals surface area contributed by atoms with Crippen molar-refractivity contribution in [2.24, 2.45) is 0 Å². The Balaban J connectivity index is 1.80. The Hall–Kier alpha value is -0.910. The summed E-state index contributed by atoms with van der Waals surface area (Å²) in [6, 6.07) is 6.29. The SMILES string of the molecule is CCCn1c(COC2CCNCC2)nc2cc(Br)ccc21. The van der Waals surface area contributed by atoms with E-state index in [2.05, 4.69) is 50.9 Å². The lowest BCUT2D eigenvalue weighted by Crippen LogP contribution is -2.32. The topological polar surface area (TPSA) is 39.1 Å². The van der Waals surface area contributed by atoms with Crippen LogP contribution in [0.5, 0.6) is 0 Å². The molecule has 1 aliphatic rings. The van der Waals surface area contributed by atoms with Gasteiger partial charge in [-0.15, -0.1) is 0 Å². The zero-order chi connectivity index (χ0) is 14.7. The van der Waals surface area contributed by atoms with Crippen LogP contribution in [0.3, 0.4) is 0 Å². The highest BCUT2D eigenvalue weighted by molar-refractivity contribution is 9.10. The molecule has 0 unspecified atom stereocenters. The maximum atomic E-state index is 6.08. The molecule has 1 aliphatic heterocycles. The standard InChI is InChI=1S/C16H22BrN3O/c1-2-9-20-15-4-3-12(17)10-14(15)19-16(20)11-21-13-5-7-18-8-6-13/h3-4,10,13,18H,2,5-9,11H2,1H3. The fraction of sp³-hybridized carbons (Fsp3) is 0.562. The summed E-state index contributed by atoms with van der Waals surface area (Å²) in [5.74, 6) is 1.04. The Morgan fingerprint density at radius 3 is 2.95 bits per heavy atom. The van der Waals surface area contributed by atoms with Gasteiger partial charge in [0, 0.05) is 11.0 Å². The second-order valence-electron chi connectivity index (χ2n) is 5.57. The van der Waals surface area contributed by atoms with Gasteiger partial charge in [-0.05, 0) is 50.6 Å². The minimum atomic E-state index is 0.368. The second-order valence-corrected chi connectivity index (χ2v) is 6.49. The molecule has 5 heteroatoms. The number of halogens is 1.